The van der Waals surface area contributed by atoms with E-state index in [1.807, 2.05) is 13.1 Å². The van der Waals surface area contributed by atoms with E-state index in [1.54, 1.807) is 0 Å². The van der Waals surface area contributed by atoms with Crippen LogP contribution in [-0.2, 0) is 6.42 Å². The Balaban J connectivity index is 2.47. The van der Waals surface area contributed by atoms with Gasteiger partial charge in [0.05, 0.1) is 4.99 Å². The van der Waals surface area contributed by atoms with Crippen molar-refractivity contribution in [1.29, 1.82) is 0 Å². The second-order valence-corrected chi connectivity index (χ2v) is 12.4. The summed E-state index contributed by atoms with van der Waals surface area (Å²) in [5.74, 6) is 0.236. The molecule has 22 heavy (non-hydrogen) atoms. The fourth-order valence-corrected chi connectivity index (χ4v) is 3.52. The van der Waals surface area contributed by atoms with Gasteiger partial charge >= 0.3 is 0 Å². The van der Waals surface area contributed by atoms with Crippen molar-refractivity contribution in [2.45, 2.75) is 64.1 Å². The molecule has 0 aliphatic heterocycles. The smallest absolute Gasteiger partial charge is 0.188 e. The molecule has 0 aliphatic rings. The van der Waals surface area contributed by atoms with Crippen LogP contribution in [-0.4, -0.2) is 18.1 Å². The molecule has 2 nitrogen and oxygen atoms in total. The summed E-state index contributed by atoms with van der Waals surface area (Å²) in [4.78, 5) is 11.1. The quantitative estimate of drug-likeness (QED) is 0.391. The normalized spacial score (nSPS) is 13.9. The van der Waals surface area contributed by atoms with E-state index in [0.717, 1.165) is 32.1 Å². The summed E-state index contributed by atoms with van der Waals surface area (Å²) >= 11 is 5.26. The second kappa shape index (κ2) is 8.23. The van der Waals surface area contributed by atoms with Crippen LogP contribution in [0.4, 0.5) is 0 Å². The first-order chi connectivity index (χ1) is 10.1. The van der Waals surface area contributed by atoms with Gasteiger partial charge in [0.15, 0.2) is 8.32 Å². The molecule has 0 fully saturated rings. The van der Waals surface area contributed by atoms with Gasteiger partial charge in [-0.3, -0.25) is 0 Å². The van der Waals surface area contributed by atoms with Crippen molar-refractivity contribution in [3.63, 3.8) is 0 Å². The minimum atomic E-state index is -2.21. The lowest BCUT2D eigenvalue weighted by Gasteiger charge is -2.37. The number of thiocarbonyl (C=S) groups is 1. The van der Waals surface area contributed by atoms with Gasteiger partial charge in [0, 0.05) is 5.92 Å². The van der Waals surface area contributed by atoms with Gasteiger partial charge in [0.2, 0.25) is 0 Å². The molecule has 0 heterocycles. The minimum absolute atomic E-state index is 0.0689. The Morgan fingerprint density at radius 2 is 1.82 bits per heavy atom. The monoisotopic (exact) mass is 337 g/mol. The van der Waals surface area contributed by atoms with Crippen LogP contribution in [0, 0.1) is 5.92 Å². The highest BCUT2D eigenvalue weighted by Crippen LogP contribution is 2.42. The van der Waals surface area contributed by atoms with E-state index in [-0.39, 0.29) is 11.0 Å². The van der Waals surface area contributed by atoms with E-state index in [4.69, 9.17) is 18.0 Å². The van der Waals surface area contributed by atoms with Crippen molar-refractivity contribution in [3.8, 4) is 0 Å². The third-order valence-electron chi connectivity index (χ3n) is 4.93. The van der Waals surface area contributed by atoms with Crippen molar-refractivity contribution in [1.82, 2.24) is 0 Å². The first-order valence-electron chi connectivity index (χ1n) is 8.19. The number of hydrogen-bond donors (Lipinski definition) is 2. The molecule has 1 atom stereocenters. The third-order valence-corrected chi connectivity index (χ3v) is 8.78. The molecule has 4 heteroatoms. The summed E-state index contributed by atoms with van der Waals surface area (Å²) in [6, 6.07) is 10.6. The van der Waals surface area contributed by atoms with Crippen LogP contribution in [0.2, 0.25) is 18.1 Å². The van der Waals surface area contributed by atoms with Crippen LogP contribution < -0.4 is 5.73 Å². The number of rotatable bonds is 9. The minimum Gasteiger partial charge on any atom is -0.432 e. The van der Waals surface area contributed by atoms with Gasteiger partial charge in [-0.05, 0) is 49.4 Å². The lowest BCUT2D eigenvalue weighted by atomic mass is 9.91. The van der Waals surface area contributed by atoms with Crippen molar-refractivity contribution in [3.05, 3.63) is 35.9 Å². The maximum atomic E-state index is 10.5. The number of hydrogen-bond acceptors (Lipinski definition) is 2. The van der Waals surface area contributed by atoms with E-state index in [0.29, 0.717) is 4.99 Å². The molecule has 0 saturated heterocycles. The molecule has 0 aromatic heterocycles. The van der Waals surface area contributed by atoms with Crippen molar-refractivity contribution >= 4 is 25.5 Å². The van der Waals surface area contributed by atoms with Crippen LogP contribution >= 0.6 is 12.2 Å². The van der Waals surface area contributed by atoms with Crippen molar-refractivity contribution in [2.24, 2.45) is 11.7 Å². The van der Waals surface area contributed by atoms with E-state index in [9.17, 15) is 4.80 Å². The summed E-state index contributed by atoms with van der Waals surface area (Å²) in [6.45, 7) is 8.29. The van der Waals surface area contributed by atoms with Crippen molar-refractivity contribution < 1.29 is 4.80 Å². The maximum absolute atomic E-state index is 10.5. The van der Waals surface area contributed by atoms with E-state index < -0.39 is 8.32 Å². The Hall–Kier alpha value is -0.713. The first-order valence-corrected chi connectivity index (χ1v) is 11.5. The highest BCUT2D eigenvalue weighted by molar-refractivity contribution is 7.80. The van der Waals surface area contributed by atoms with Gasteiger partial charge in [0.1, 0.15) is 0 Å². The molecule has 124 valence electrons. The molecule has 1 aromatic rings. The van der Waals surface area contributed by atoms with Gasteiger partial charge in [-0.2, -0.15) is 0 Å². The fourth-order valence-electron chi connectivity index (χ4n) is 2.58. The average molecular weight is 338 g/mol. The van der Waals surface area contributed by atoms with Crippen LogP contribution in [0.1, 0.15) is 45.1 Å². The Bertz CT molecular complexity index is 468. The molecule has 0 saturated carbocycles. The Morgan fingerprint density at radius 1 is 1.23 bits per heavy atom. The fraction of sp³-hybridized carbons (Fsp3) is 0.611. The van der Waals surface area contributed by atoms with Crippen LogP contribution in [0.3, 0.4) is 0 Å². The topological polar surface area (TPSA) is 46.2 Å². The number of nitrogens with two attached hydrogens (primary N) is 1. The molecular formula is C18H31NOSSi. The molecule has 0 bridgehead atoms. The number of aryl methyl sites for hydroxylation is 1. The van der Waals surface area contributed by atoms with Gasteiger partial charge in [-0.15, -0.1) is 0 Å². The van der Waals surface area contributed by atoms with Gasteiger partial charge in [0.25, 0.3) is 0 Å². The lowest BCUT2D eigenvalue weighted by molar-refractivity contribution is 0.404. The van der Waals surface area contributed by atoms with Crippen LogP contribution in [0.15, 0.2) is 30.3 Å². The predicted octanol–water partition coefficient (Wildman–Crippen LogP) is 4.67. The first kappa shape index (κ1) is 19.3. The Morgan fingerprint density at radius 3 is 2.32 bits per heavy atom. The molecule has 0 amide bonds. The Labute approximate surface area is 142 Å². The average Bonchev–Trinajstić information content (AvgIpc) is 2.41. The van der Waals surface area contributed by atoms with E-state index in [1.165, 1.54) is 5.56 Å². The molecule has 3 N–H and O–H groups in total. The maximum Gasteiger partial charge on any atom is 0.188 e. The van der Waals surface area contributed by atoms with E-state index in [2.05, 4.69) is 44.2 Å². The van der Waals surface area contributed by atoms with Crippen molar-refractivity contribution in [2.75, 3.05) is 0 Å². The Kier molecular flexibility index (Phi) is 7.23. The summed E-state index contributed by atoms with van der Waals surface area (Å²) in [5, 5.41) is -0.0689. The van der Waals surface area contributed by atoms with Gasteiger partial charge < -0.3 is 10.5 Å². The highest BCUT2D eigenvalue weighted by Gasteiger charge is 2.39. The molecular weight excluding hydrogens is 306 g/mol. The largest absolute Gasteiger partial charge is 0.432 e. The highest BCUT2D eigenvalue weighted by atomic mass is 32.1. The summed E-state index contributed by atoms with van der Waals surface area (Å²) in [5.41, 5.74) is 7.33. The second-order valence-electron chi connectivity index (χ2n) is 7.48. The van der Waals surface area contributed by atoms with Gasteiger partial charge in [-0.1, -0.05) is 62.8 Å². The zero-order valence-electron chi connectivity index (χ0n) is 14.4. The summed E-state index contributed by atoms with van der Waals surface area (Å²) in [7, 11) is -2.21. The molecule has 1 rings (SSSR count). The molecule has 0 aliphatic carbocycles. The standard InChI is InChI=1S/C18H31NOSSi/c1-18(2,22(3,4)20)14-16(17(19)21)13-9-8-12-15-10-6-5-7-11-15/h5-7,10-11,16,20H,8-9,12-14H2,1-4H3,(H2,19,21). The SMILES string of the molecule is CC(C)(CC(CCCCc1ccccc1)C(N)=S)[Si](C)(C)O. The summed E-state index contributed by atoms with van der Waals surface area (Å²) in [6.07, 6.45) is 5.30. The molecule has 0 spiro atoms. The van der Waals surface area contributed by atoms with Crippen LogP contribution in [0.25, 0.3) is 0 Å². The predicted molar refractivity (Wildman–Crippen MR) is 103 cm³/mol. The number of benzene rings is 1. The molecule has 0 radical (unpaired) electrons. The van der Waals surface area contributed by atoms with Crippen LogP contribution in [0.5, 0.6) is 0 Å². The van der Waals surface area contributed by atoms with Gasteiger partial charge in [-0.25, -0.2) is 0 Å². The zero-order valence-corrected chi connectivity index (χ0v) is 16.2. The molecule has 1 aromatic carbocycles. The third kappa shape index (κ3) is 6.19. The zero-order chi connectivity index (χ0) is 16.8. The van der Waals surface area contributed by atoms with E-state index >= 15 is 0 Å². The lowest BCUT2D eigenvalue weighted by Crippen LogP contribution is -2.41. The summed E-state index contributed by atoms with van der Waals surface area (Å²) < 4.78 is 0. The molecule has 1 unspecified atom stereocenters. The number of unbranched alkanes of at least 4 members (excludes halogenated alkanes) is 1.